The number of rotatable bonds is 9. The van der Waals surface area contributed by atoms with Gasteiger partial charge in [0.05, 0.1) is 18.7 Å². The summed E-state index contributed by atoms with van der Waals surface area (Å²) in [6.45, 7) is 0. The largest absolute Gasteiger partial charge is 0.507 e. The van der Waals surface area contributed by atoms with Crippen LogP contribution in [0.1, 0.15) is 22.7 Å². The highest BCUT2D eigenvalue weighted by atomic mass is 32.2. The molecule has 1 amide bonds. The number of nitrogens with zero attached hydrogens (tertiary/aromatic N) is 3. The number of carbonyl (C=O) groups is 2. The lowest BCUT2D eigenvalue weighted by atomic mass is 9.95. The molecule has 1 aromatic heterocycles. The molecule has 1 N–H and O–H groups in total. The molecule has 2 heterocycles. The van der Waals surface area contributed by atoms with Crippen molar-refractivity contribution in [3.8, 4) is 17.2 Å². The highest BCUT2D eigenvalue weighted by Gasteiger charge is 2.48. The number of ketones is 1. The van der Waals surface area contributed by atoms with Crippen molar-refractivity contribution in [2.24, 2.45) is 0 Å². The number of para-hydroxylation sites is 1. The molecular weight excluding hydrogens is 650 g/mol. The van der Waals surface area contributed by atoms with Gasteiger partial charge in [-0.2, -0.15) is 0 Å². The van der Waals surface area contributed by atoms with Crippen molar-refractivity contribution in [3.05, 3.63) is 143 Å². The Morgan fingerprint density at radius 1 is 0.896 bits per heavy atom. The first-order chi connectivity index (χ1) is 23.4. The molecule has 8 nitrogen and oxygen atoms in total. The predicted molar refractivity (Wildman–Crippen MR) is 184 cm³/mol. The minimum Gasteiger partial charge on any atom is -0.507 e. The normalized spacial score (nSPS) is 15.6. The van der Waals surface area contributed by atoms with Crippen LogP contribution in [0, 0.1) is 5.82 Å². The van der Waals surface area contributed by atoms with E-state index < -0.39 is 29.3 Å². The Labute approximate surface area is 283 Å². The molecule has 0 aliphatic carbocycles. The van der Waals surface area contributed by atoms with Crippen LogP contribution in [0.4, 0.5) is 9.52 Å². The number of Topliss-reactive ketones (excluding diaryl/α,β-unsaturated/α-hetero) is 1. The van der Waals surface area contributed by atoms with E-state index in [1.807, 2.05) is 36.4 Å². The molecule has 0 bridgehead atoms. The van der Waals surface area contributed by atoms with Gasteiger partial charge in [0.15, 0.2) is 15.9 Å². The molecule has 1 aliphatic heterocycles. The fourth-order valence-electron chi connectivity index (χ4n) is 5.60. The SMILES string of the molecule is COc1ccc(C(O)=C2C(=O)C(=O)N(c3nnc(SCc4cccc5ccccc45)s3)C2c2cccc(Oc3ccccc3)c2)cc1F. The molecule has 238 valence electrons. The van der Waals surface area contributed by atoms with Gasteiger partial charge in [-0.1, -0.05) is 95.9 Å². The van der Waals surface area contributed by atoms with E-state index in [-0.39, 0.29) is 22.0 Å². The van der Waals surface area contributed by atoms with E-state index in [0.717, 1.165) is 33.7 Å². The number of benzene rings is 5. The Kier molecular flexibility index (Phi) is 8.62. The quantitative estimate of drug-likeness (QED) is 0.0535. The van der Waals surface area contributed by atoms with Crippen molar-refractivity contribution < 1.29 is 28.6 Å². The van der Waals surface area contributed by atoms with Gasteiger partial charge in [-0.3, -0.25) is 14.5 Å². The van der Waals surface area contributed by atoms with E-state index in [4.69, 9.17) is 9.47 Å². The summed E-state index contributed by atoms with van der Waals surface area (Å²) in [5.41, 5.74) is 1.38. The standard InChI is InChI=1S/C37H26FN3O5S2/c1-45-30-18-17-24(20-29(30)38)33(42)31-32(23-11-8-15-27(19-23)46-26-13-3-2-4-14-26)41(35(44)34(31)43)36-39-40-37(48-36)47-21-25-12-7-10-22-9-5-6-16-28(22)25/h2-20,32,42H,21H2,1H3. The maximum Gasteiger partial charge on any atom is 0.301 e. The maximum atomic E-state index is 14.7. The second kappa shape index (κ2) is 13.3. The monoisotopic (exact) mass is 675 g/mol. The summed E-state index contributed by atoms with van der Waals surface area (Å²) >= 11 is 2.63. The number of aromatic nitrogens is 2. The minimum atomic E-state index is -1.11. The predicted octanol–water partition coefficient (Wildman–Crippen LogP) is 8.55. The number of methoxy groups -OCH3 is 1. The van der Waals surface area contributed by atoms with Gasteiger partial charge in [0.25, 0.3) is 5.78 Å². The van der Waals surface area contributed by atoms with Gasteiger partial charge in [0, 0.05) is 11.3 Å². The molecule has 0 radical (unpaired) electrons. The summed E-state index contributed by atoms with van der Waals surface area (Å²) in [6.07, 6.45) is 0. The Balaban J connectivity index is 1.27. The van der Waals surface area contributed by atoms with E-state index in [9.17, 15) is 19.1 Å². The summed E-state index contributed by atoms with van der Waals surface area (Å²) in [4.78, 5) is 28.7. The highest BCUT2D eigenvalue weighted by Crippen LogP contribution is 2.45. The van der Waals surface area contributed by atoms with Crippen molar-refractivity contribution >= 4 is 56.5 Å². The van der Waals surface area contributed by atoms with Gasteiger partial charge >= 0.3 is 5.91 Å². The molecular formula is C37H26FN3O5S2. The van der Waals surface area contributed by atoms with E-state index >= 15 is 0 Å². The zero-order valence-corrected chi connectivity index (χ0v) is 27.0. The van der Waals surface area contributed by atoms with Crippen LogP contribution in [-0.4, -0.2) is 34.1 Å². The Morgan fingerprint density at radius 3 is 2.46 bits per heavy atom. The van der Waals surface area contributed by atoms with E-state index in [0.29, 0.717) is 27.2 Å². The van der Waals surface area contributed by atoms with Crippen LogP contribution in [0.25, 0.3) is 16.5 Å². The number of aliphatic hydroxyl groups excluding tert-OH is 1. The molecule has 0 saturated carbocycles. The molecule has 1 saturated heterocycles. The number of amides is 1. The summed E-state index contributed by atoms with van der Waals surface area (Å²) in [5, 5.41) is 22.6. The van der Waals surface area contributed by atoms with Crippen molar-refractivity contribution in [1.82, 2.24) is 10.2 Å². The van der Waals surface area contributed by atoms with Crippen molar-refractivity contribution in [2.75, 3.05) is 12.0 Å². The minimum absolute atomic E-state index is 0.0107. The van der Waals surface area contributed by atoms with Crippen LogP contribution in [0.2, 0.25) is 0 Å². The smallest absolute Gasteiger partial charge is 0.301 e. The number of fused-ring (bicyclic) bond motifs is 1. The molecule has 7 rings (SSSR count). The lowest BCUT2D eigenvalue weighted by Gasteiger charge is -2.23. The van der Waals surface area contributed by atoms with E-state index in [1.54, 1.807) is 36.4 Å². The van der Waals surface area contributed by atoms with Crippen molar-refractivity contribution in [1.29, 1.82) is 0 Å². The zero-order valence-electron chi connectivity index (χ0n) is 25.4. The first-order valence-corrected chi connectivity index (χ1v) is 16.6. The lowest BCUT2D eigenvalue weighted by molar-refractivity contribution is -0.132. The van der Waals surface area contributed by atoms with Gasteiger partial charge < -0.3 is 14.6 Å². The number of halogens is 1. The fraction of sp³-hybridized carbons (Fsp3) is 0.0811. The van der Waals surface area contributed by atoms with E-state index in [1.165, 1.54) is 35.9 Å². The third-order valence-electron chi connectivity index (χ3n) is 7.86. The average Bonchev–Trinajstić information content (AvgIpc) is 3.69. The van der Waals surface area contributed by atoms with Crippen LogP contribution in [0.5, 0.6) is 17.2 Å². The number of thioether (sulfide) groups is 1. The number of hydrogen-bond acceptors (Lipinski definition) is 9. The molecule has 1 atom stereocenters. The average molecular weight is 676 g/mol. The van der Waals surface area contributed by atoms with Crippen molar-refractivity contribution in [2.45, 2.75) is 16.1 Å². The van der Waals surface area contributed by atoms with Gasteiger partial charge in [0.1, 0.15) is 17.3 Å². The van der Waals surface area contributed by atoms with Crippen LogP contribution in [-0.2, 0) is 15.3 Å². The van der Waals surface area contributed by atoms with Crippen molar-refractivity contribution in [3.63, 3.8) is 0 Å². The second-order valence-electron chi connectivity index (χ2n) is 10.8. The van der Waals surface area contributed by atoms with Crippen LogP contribution in [0.3, 0.4) is 0 Å². The molecule has 5 aromatic carbocycles. The van der Waals surface area contributed by atoms with Crippen LogP contribution < -0.4 is 14.4 Å². The zero-order chi connectivity index (χ0) is 33.2. The third kappa shape index (κ3) is 6.01. The molecule has 1 fully saturated rings. The van der Waals surface area contributed by atoms with Gasteiger partial charge in [-0.15, -0.1) is 10.2 Å². The Hall–Kier alpha value is -5.52. The Morgan fingerprint density at radius 2 is 1.65 bits per heavy atom. The first kappa shape index (κ1) is 31.1. The topological polar surface area (TPSA) is 102 Å². The Bertz CT molecular complexity index is 2200. The van der Waals surface area contributed by atoms with Crippen LogP contribution >= 0.6 is 23.1 Å². The maximum absolute atomic E-state index is 14.7. The molecule has 6 aromatic rings. The van der Waals surface area contributed by atoms with E-state index in [2.05, 4.69) is 34.5 Å². The number of carbonyl (C=O) groups excluding carboxylic acids is 2. The lowest BCUT2D eigenvalue weighted by Crippen LogP contribution is -2.29. The third-order valence-corrected chi connectivity index (χ3v) is 9.96. The summed E-state index contributed by atoms with van der Waals surface area (Å²) in [6, 6.07) is 33.0. The highest BCUT2D eigenvalue weighted by molar-refractivity contribution is 8.00. The number of anilines is 1. The summed E-state index contributed by atoms with van der Waals surface area (Å²) in [7, 11) is 1.32. The van der Waals surface area contributed by atoms with Crippen LogP contribution in [0.15, 0.2) is 125 Å². The molecule has 48 heavy (non-hydrogen) atoms. The molecule has 11 heteroatoms. The fourth-order valence-corrected chi connectivity index (χ4v) is 7.47. The molecule has 1 unspecified atom stereocenters. The number of ether oxygens (including phenoxy) is 2. The van der Waals surface area contributed by atoms with Gasteiger partial charge in [-0.25, -0.2) is 4.39 Å². The number of aliphatic hydroxyl groups is 1. The summed E-state index contributed by atoms with van der Waals surface area (Å²) in [5.74, 6) is -1.49. The van der Waals surface area contributed by atoms with Gasteiger partial charge in [0.2, 0.25) is 5.13 Å². The molecule has 0 spiro atoms. The number of hydrogen-bond donors (Lipinski definition) is 1. The first-order valence-electron chi connectivity index (χ1n) is 14.8. The van der Waals surface area contributed by atoms with Gasteiger partial charge in [-0.05, 0) is 64.4 Å². The second-order valence-corrected chi connectivity index (χ2v) is 13.0. The molecule has 1 aliphatic rings. The summed E-state index contributed by atoms with van der Waals surface area (Å²) < 4.78 is 26.4.